The highest BCUT2D eigenvalue weighted by Crippen LogP contribution is 2.26. The molecule has 0 aliphatic rings. The van der Waals surface area contributed by atoms with Crippen molar-refractivity contribution >= 4 is 32.0 Å². The normalized spacial score (nSPS) is 11.7. The van der Waals surface area contributed by atoms with E-state index in [2.05, 4.69) is 41.4 Å². The molecule has 28 heavy (non-hydrogen) atoms. The third-order valence-corrected chi connectivity index (χ3v) is 4.63. The molecule has 150 valence electrons. The van der Waals surface area contributed by atoms with Gasteiger partial charge in [0.2, 0.25) is 11.6 Å². The highest BCUT2D eigenvalue weighted by Gasteiger charge is 2.23. The molecular weight excluding hydrogens is 465 g/mol. The summed E-state index contributed by atoms with van der Waals surface area (Å²) in [5, 5.41) is 18.8. The van der Waals surface area contributed by atoms with Gasteiger partial charge in [-0.2, -0.15) is 8.42 Å². The van der Waals surface area contributed by atoms with E-state index in [0.717, 1.165) is 4.57 Å². The Morgan fingerprint density at radius 2 is 2.04 bits per heavy atom. The minimum Gasteiger partial charge on any atom is -0.365 e. The number of nitrogens with two attached hydrogens (primary N) is 1. The van der Waals surface area contributed by atoms with Crippen LogP contribution in [0.25, 0.3) is 17.2 Å². The SMILES string of the molecule is NS(=O)(=O)NCCCNc1nonc1-c1noc(=O)n1-c1ccc(F)c(Br)c1. The van der Waals surface area contributed by atoms with E-state index in [4.69, 9.17) is 14.3 Å². The number of hydrogen-bond donors (Lipinski definition) is 3. The van der Waals surface area contributed by atoms with Gasteiger partial charge in [0.05, 0.1) is 10.2 Å². The van der Waals surface area contributed by atoms with Crippen LogP contribution in [0.15, 0.2) is 36.6 Å². The maximum absolute atomic E-state index is 13.5. The Labute approximate surface area is 165 Å². The van der Waals surface area contributed by atoms with Gasteiger partial charge in [0, 0.05) is 13.1 Å². The molecule has 4 N–H and O–H groups in total. The molecule has 0 aliphatic heterocycles. The van der Waals surface area contributed by atoms with Gasteiger partial charge in [-0.15, -0.1) is 0 Å². The Kier molecular flexibility index (Phi) is 5.87. The maximum Gasteiger partial charge on any atom is 0.446 e. The zero-order valence-corrected chi connectivity index (χ0v) is 16.3. The maximum atomic E-state index is 13.5. The first-order valence-electron chi connectivity index (χ1n) is 7.64. The Balaban J connectivity index is 1.81. The molecule has 3 rings (SSSR count). The summed E-state index contributed by atoms with van der Waals surface area (Å²) < 4.78 is 47.8. The molecule has 1 aromatic carbocycles. The van der Waals surface area contributed by atoms with Crippen molar-refractivity contribution in [3.63, 3.8) is 0 Å². The molecule has 0 unspecified atom stereocenters. The zero-order valence-electron chi connectivity index (χ0n) is 13.9. The summed E-state index contributed by atoms with van der Waals surface area (Å²) in [5.74, 6) is -1.19. The Bertz CT molecular complexity index is 1140. The van der Waals surface area contributed by atoms with Gasteiger partial charge in [-0.1, -0.05) is 5.16 Å². The fourth-order valence-electron chi connectivity index (χ4n) is 2.21. The molecule has 3 aromatic rings. The fourth-order valence-corrected chi connectivity index (χ4v) is 3.01. The van der Waals surface area contributed by atoms with Gasteiger partial charge in [-0.3, -0.25) is 4.52 Å². The molecule has 2 heterocycles. The Morgan fingerprint density at radius 1 is 1.25 bits per heavy atom. The van der Waals surface area contributed by atoms with Crippen LogP contribution in [0, 0.1) is 5.82 Å². The summed E-state index contributed by atoms with van der Waals surface area (Å²) in [7, 11) is -3.76. The molecule has 0 aliphatic carbocycles. The molecule has 0 saturated carbocycles. The first-order chi connectivity index (χ1) is 13.3. The summed E-state index contributed by atoms with van der Waals surface area (Å²) >= 11 is 3.05. The van der Waals surface area contributed by atoms with Crippen molar-refractivity contribution in [1.29, 1.82) is 0 Å². The van der Waals surface area contributed by atoms with Gasteiger partial charge in [0.15, 0.2) is 5.69 Å². The topological polar surface area (TPSA) is 171 Å². The number of aromatic nitrogens is 4. The molecule has 0 spiro atoms. The van der Waals surface area contributed by atoms with E-state index in [1.165, 1.54) is 18.2 Å². The van der Waals surface area contributed by atoms with E-state index in [1.807, 2.05) is 0 Å². The van der Waals surface area contributed by atoms with E-state index in [1.54, 1.807) is 0 Å². The Hall–Kier alpha value is -2.62. The largest absolute Gasteiger partial charge is 0.446 e. The van der Waals surface area contributed by atoms with Crippen molar-refractivity contribution in [3.05, 3.63) is 39.0 Å². The lowest BCUT2D eigenvalue weighted by Crippen LogP contribution is -2.32. The van der Waals surface area contributed by atoms with Crippen molar-refractivity contribution in [1.82, 2.24) is 24.8 Å². The van der Waals surface area contributed by atoms with Crippen LogP contribution in [0.2, 0.25) is 0 Å². The second-order valence-electron chi connectivity index (χ2n) is 5.39. The average molecular weight is 478 g/mol. The molecule has 12 nitrogen and oxygen atoms in total. The highest BCUT2D eigenvalue weighted by molar-refractivity contribution is 9.10. The van der Waals surface area contributed by atoms with E-state index in [0.29, 0.717) is 6.42 Å². The van der Waals surface area contributed by atoms with Crippen LogP contribution in [0.5, 0.6) is 0 Å². The summed E-state index contributed by atoms with van der Waals surface area (Å²) in [4.78, 5) is 12.1. The Morgan fingerprint density at radius 3 is 2.75 bits per heavy atom. The van der Waals surface area contributed by atoms with Crippen LogP contribution in [0.4, 0.5) is 10.2 Å². The lowest BCUT2D eigenvalue weighted by atomic mass is 10.3. The van der Waals surface area contributed by atoms with Gasteiger partial charge in [-0.05, 0) is 50.9 Å². The van der Waals surface area contributed by atoms with Crippen LogP contribution < -0.4 is 20.9 Å². The average Bonchev–Trinajstić information content (AvgIpc) is 3.22. The highest BCUT2D eigenvalue weighted by atomic mass is 79.9. The molecule has 0 radical (unpaired) electrons. The van der Waals surface area contributed by atoms with E-state index < -0.39 is 21.8 Å². The van der Waals surface area contributed by atoms with Crippen molar-refractivity contribution in [3.8, 4) is 17.2 Å². The summed E-state index contributed by atoms with van der Waals surface area (Å²) in [6.45, 7) is 0.388. The van der Waals surface area contributed by atoms with Gasteiger partial charge < -0.3 is 5.32 Å². The molecular formula is C13H13BrFN7O5S. The second kappa shape index (κ2) is 8.17. The third-order valence-electron chi connectivity index (χ3n) is 3.42. The molecule has 0 amide bonds. The summed E-state index contributed by atoms with van der Waals surface area (Å²) in [5.41, 5.74) is 0.353. The lowest BCUT2D eigenvalue weighted by molar-refractivity contribution is 0.309. The first-order valence-corrected chi connectivity index (χ1v) is 9.98. The molecule has 15 heteroatoms. The lowest BCUT2D eigenvalue weighted by Gasteiger charge is -2.06. The number of nitrogens with one attached hydrogen (secondary N) is 2. The van der Waals surface area contributed by atoms with E-state index in [9.17, 15) is 17.6 Å². The fraction of sp³-hybridized carbons (Fsp3) is 0.231. The summed E-state index contributed by atoms with van der Waals surface area (Å²) in [6.07, 6.45) is 0.374. The van der Waals surface area contributed by atoms with Crippen molar-refractivity contribution < 1.29 is 22.0 Å². The van der Waals surface area contributed by atoms with E-state index in [-0.39, 0.29) is 40.6 Å². The number of halogens is 2. The van der Waals surface area contributed by atoms with Gasteiger partial charge in [-0.25, -0.2) is 28.2 Å². The number of benzene rings is 1. The third kappa shape index (κ3) is 4.61. The van der Waals surface area contributed by atoms with Crippen LogP contribution in [-0.2, 0) is 10.2 Å². The molecule has 0 fully saturated rings. The second-order valence-corrected chi connectivity index (χ2v) is 7.62. The van der Waals surface area contributed by atoms with Crippen molar-refractivity contribution in [2.24, 2.45) is 5.14 Å². The van der Waals surface area contributed by atoms with Gasteiger partial charge >= 0.3 is 5.76 Å². The number of anilines is 1. The van der Waals surface area contributed by atoms with Crippen molar-refractivity contribution in [2.45, 2.75) is 6.42 Å². The van der Waals surface area contributed by atoms with Crippen LogP contribution >= 0.6 is 15.9 Å². The summed E-state index contributed by atoms with van der Waals surface area (Å²) in [6, 6.07) is 3.90. The quantitative estimate of drug-likeness (QED) is 0.387. The smallest absolute Gasteiger partial charge is 0.365 e. The molecule has 0 bridgehead atoms. The van der Waals surface area contributed by atoms with E-state index >= 15 is 0 Å². The minimum absolute atomic E-state index is 0.0186. The van der Waals surface area contributed by atoms with Crippen molar-refractivity contribution in [2.75, 3.05) is 18.4 Å². The van der Waals surface area contributed by atoms with Gasteiger partial charge in [0.1, 0.15) is 5.82 Å². The zero-order chi connectivity index (χ0) is 20.3. The van der Waals surface area contributed by atoms with Crippen LogP contribution in [0.1, 0.15) is 6.42 Å². The molecule has 2 aromatic heterocycles. The molecule has 0 atom stereocenters. The number of nitrogens with zero attached hydrogens (tertiary/aromatic N) is 4. The first kappa shape index (κ1) is 20.1. The van der Waals surface area contributed by atoms with Gasteiger partial charge in [0.25, 0.3) is 10.2 Å². The predicted molar refractivity (Wildman–Crippen MR) is 97.3 cm³/mol. The number of hydrogen-bond acceptors (Lipinski definition) is 9. The monoisotopic (exact) mass is 477 g/mol. The standard InChI is InChI=1S/C13H13BrFN7O5S/c14-8-6-7(2-3-9(8)15)22-12(21-26-13(22)23)10-11(20-27-19-10)17-4-1-5-18-28(16,24)25/h2-3,6,18H,1,4-5H2,(H,17,20)(H2,16,24,25). The number of rotatable bonds is 8. The minimum atomic E-state index is -3.76. The van der Waals surface area contributed by atoms with Crippen LogP contribution in [-0.4, -0.2) is 41.5 Å². The molecule has 0 saturated heterocycles. The van der Waals surface area contributed by atoms with Crippen LogP contribution in [0.3, 0.4) is 0 Å². The predicted octanol–water partition coefficient (Wildman–Crippen LogP) is 0.372.